The summed E-state index contributed by atoms with van der Waals surface area (Å²) in [6, 6.07) is 0. The van der Waals surface area contributed by atoms with Gasteiger partial charge in [-0.1, -0.05) is 13.8 Å². The molecule has 0 aliphatic carbocycles. The fourth-order valence-corrected chi connectivity index (χ4v) is 2.29. The van der Waals surface area contributed by atoms with Gasteiger partial charge in [-0.2, -0.15) is 0 Å². The zero-order valence-electron chi connectivity index (χ0n) is 9.38. The second kappa shape index (κ2) is 4.94. The third-order valence-electron chi connectivity index (χ3n) is 2.65. The predicted octanol–water partition coefficient (Wildman–Crippen LogP) is 0.435. The molecular weight excluding hydrogens is 162 g/mol. The zero-order valence-corrected chi connectivity index (χ0v) is 9.38. The quantitative estimate of drug-likeness (QED) is 0.688. The minimum atomic E-state index is 0.599. The summed E-state index contributed by atoms with van der Waals surface area (Å²) in [5.41, 5.74) is 0. The molecule has 0 amide bonds. The molecule has 0 aromatic carbocycles. The van der Waals surface area contributed by atoms with Gasteiger partial charge < -0.3 is 5.32 Å². The van der Waals surface area contributed by atoms with E-state index in [0.717, 1.165) is 13.1 Å². The van der Waals surface area contributed by atoms with Crippen LogP contribution in [0.4, 0.5) is 0 Å². The Morgan fingerprint density at radius 3 is 2.08 bits per heavy atom. The van der Waals surface area contributed by atoms with Crippen molar-refractivity contribution in [3.8, 4) is 0 Å². The molecule has 3 nitrogen and oxygen atoms in total. The molecule has 1 rings (SSSR count). The van der Waals surface area contributed by atoms with Gasteiger partial charge in [0.15, 0.2) is 0 Å². The van der Waals surface area contributed by atoms with E-state index in [9.17, 15) is 0 Å². The highest BCUT2D eigenvalue weighted by atomic mass is 15.3. The number of rotatable bonds is 3. The molecule has 1 unspecified atom stereocenters. The van der Waals surface area contributed by atoms with Crippen LogP contribution in [0.2, 0.25) is 0 Å². The van der Waals surface area contributed by atoms with Crippen molar-refractivity contribution in [2.75, 3.05) is 40.3 Å². The minimum absolute atomic E-state index is 0.599. The lowest BCUT2D eigenvalue weighted by atomic mass is 10.1. The van der Waals surface area contributed by atoms with Crippen molar-refractivity contribution in [3.05, 3.63) is 0 Å². The lowest BCUT2D eigenvalue weighted by molar-refractivity contribution is 0.0340. The monoisotopic (exact) mass is 185 g/mol. The molecule has 3 heteroatoms. The first-order chi connectivity index (χ1) is 6.13. The second-order valence-electron chi connectivity index (χ2n) is 4.41. The number of nitrogens with zero attached hydrogens (tertiary/aromatic N) is 2. The van der Waals surface area contributed by atoms with Crippen molar-refractivity contribution in [2.24, 2.45) is 5.92 Å². The van der Waals surface area contributed by atoms with Crippen molar-refractivity contribution in [2.45, 2.75) is 20.0 Å². The number of hydrogen-bond acceptors (Lipinski definition) is 3. The first-order valence-electron chi connectivity index (χ1n) is 5.24. The molecule has 0 saturated carbocycles. The third kappa shape index (κ3) is 2.93. The van der Waals surface area contributed by atoms with E-state index in [2.05, 4.69) is 43.1 Å². The lowest BCUT2D eigenvalue weighted by Crippen LogP contribution is -2.55. The van der Waals surface area contributed by atoms with E-state index in [0.29, 0.717) is 12.1 Å². The molecule has 1 fully saturated rings. The van der Waals surface area contributed by atoms with Gasteiger partial charge >= 0.3 is 0 Å². The van der Waals surface area contributed by atoms with Crippen molar-refractivity contribution >= 4 is 0 Å². The fraction of sp³-hybridized carbons (Fsp3) is 1.00. The molecule has 1 saturated heterocycles. The van der Waals surface area contributed by atoms with Crippen molar-refractivity contribution in [1.82, 2.24) is 15.1 Å². The van der Waals surface area contributed by atoms with E-state index >= 15 is 0 Å². The van der Waals surface area contributed by atoms with Gasteiger partial charge in [0.1, 0.15) is 0 Å². The fourth-order valence-electron chi connectivity index (χ4n) is 2.29. The van der Waals surface area contributed by atoms with Crippen molar-refractivity contribution in [3.63, 3.8) is 0 Å². The molecular formula is C10H23N3. The Hall–Kier alpha value is -0.120. The van der Waals surface area contributed by atoms with Gasteiger partial charge in [-0.15, -0.1) is 0 Å². The Morgan fingerprint density at radius 1 is 1.15 bits per heavy atom. The lowest BCUT2D eigenvalue weighted by Gasteiger charge is -2.40. The summed E-state index contributed by atoms with van der Waals surface area (Å²) in [4.78, 5) is 4.90. The average Bonchev–Trinajstić information content (AvgIpc) is 2.04. The first-order valence-corrected chi connectivity index (χ1v) is 5.24. The van der Waals surface area contributed by atoms with Crippen LogP contribution in [-0.2, 0) is 0 Å². The predicted molar refractivity (Wildman–Crippen MR) is 56.8 cm³/mol. The van der Waals surface area contributed by atoms with Gasteiger partial charge in [0.05, 0.1) is 6.17 Å². The second-order valence-corrected chi connectivity index (χ2v) is 4.41. The smallest absolute Gasteiger partial charge is 0.0642 e. The standard InChI is InChI=1S/C10H23N3/c1-9(2)10(12(3)4)13-7-5-11-6-8-13/h9-11H,5-8H2,1-4H3. The molecule has 0 bridgehead atoms. The highest BCUT2D eigenvalue weighted by molar-refractivity contribution is 4.76. The summed E-state index contributed by atoms with van der Waals surface area (Å²) in [5.74, 6) is 0.702. The Labute approximate surface area is 82.1 Å². The van der Waals surface area contributed by atoms with Crippen LogP contribution in [0.5, 0.6) is 0 Å². The normalized spacial score (nSPS) is 22.6. The highest BCUT2D eigenvalue weighted by Crippen LogP contribution is 2.13. The van der Waals surface area contributed by atoms with Crippen LogP contribution < -0.4 is 5.32 Å². The van der Waals surface area contributed by atoms with E-state index in [1.165, 1.54) is 13.1 Å². The van der Waals surface area contributed by atoms with Gasteiger partial charge in [0.2, 0.25) is 0 Å². The summed E-state index contributed by atoms with van der Waals surface area (Å²) in [7, 11) is 4.35. The van der Waals surface area contributed by atoms with E-state index in [-0.39, 0.29) is 0 Å². The number of piperazine rings is 1. The largest absolute Gasteiger partial charge is 0.314 e. The minimum Gasteiger partial charge on any atom is -0.314 e. The molecule has 13 heavy (non-hydrogen) atoms. The Kier molecular flexibility index (Phi) is 4.16. The molecule has 0 spiro atoms. The Morgan fingerprint density at radius 2 is 1.69 bits per heavy atom. The maximum Gasteiger partial charge on any atom is 0.0642 e. The summed E-state index contributed by atoms with van der Waals surface area (Å²) < 4.78 is 0. The molecule has 1 heterocycles. The molecule has 1 atom stereocenters. The summed E-state index contributed by atoms with van der Waals surface area (Å²) in [6.45, 7) is 9.23. The number of nitrogens with one attached hydrogen (secondary N) is 1. The van der Waals surface area contributed by atoms with Crippen LogP contribution in [0.1, 0.15) is 13.8 Å². The maximum absolute atomic E-state index is 3.39. The van der Waals surface area contributed by atoms with E-state index in [4.69, 9.17) is 0 Å². The van der Waals surface area contributed by atoms with Crippen LogP contribution >= 0.6 is 0 Å². The molecule has 0 aromatic rings. The van der Waals surface area contributed by atoms with E-state index < -0.39 is 0 Å². The summed E-state index contributed by atoms with van der Waals surface area (Å²) in [5, 5.41) is 3.39. The van der Waals surface area contributed by atoms with Gasteiger partial charge in [0, 0.05) is 26.2 Å². The van der Waals surface area contributed by atoms with Crippen LogP contribution in [-0.4, -0.2) is 56.2 Å². The highest BCUT2D eigenvalue weighted by Gasteiger charge is 2.24. The molecule has 1 N–H and O–H groups in total. The molecule has 1 aliphatic rings. The Bertz CT molecular complexity index is 131. The molecule has 1 aliphatic heterocycles. The van der Waals surface area contributed by atoms with Gasteiger partial charge in [-0.3, -0.25) is 9.80 Å². The third-order valence-corrected chi connectivity index (χ3v) is 2.65. The Balaban J connectivity index is 2.52. The van der Waals surface area contributed by atoms with Crippen LogP contribution in [0.25, 0.3) is 0 Å². The number of hydrogen-bond donors (Lipinski definition) is 1. The van der Waals surface area contributed by atoms with E-state index in [1.54, 1.807) is 0 Å². The SMILES string of the molecule is CC(C)C(N(C)C)N1CCNCC1. The molecule has 0 aromatic heterocycles. The van der Waals surface area contributed by atoms with Crippen LogP contribution in [0, 0.1) is 5.92 Å². The maximum atomic E-state index is 3.39. The van der Waals surface area contributed by atoms with Gasteiger partial charge in [-0.05, 0) is 20.0 Å². The summed E-state index contributed by atoms with van der Waals surface area (Å²) in [6.07, 6.45) is 0.599. The zero-order chi connectivity index (χ0) is 9.84. The molecule has 78 valence electrons. The van der Waals surface area contributed by atoms with Crippen LogP contribution in [0.3, 0.4) is 0 Å². The van der Waals surface area contributed by atoms with Crippen LogP contribution in [0.15, 0.2) is 0 Å². The summed E-state index contributed by atoms with van der Waals surface area (Å²) >= 11 is 0. The molecule has 0 radical (unpaired) electrons. The topological polar surface area (TPSA) is 18.5 Å². The van der Waals surface area contributed by atoms with Gasteiger partial charge in [-0.25, -0.2) is 0 Å². The first kappa shape index (κ1) is 11.0. The van der Waals surface area contributed by atoms with Crippen molar-refractivity contribution < 1.29 is 0 Å². The van der Waals surface area contributed by atoms with Gasteiger partial charge in [0.25, 0.3) is 0 Å². The van der Waals surface area contributed by atoms with E-state index in [1.807, 2.05) is 0 Å². The average molecular weight is 185 g/mol. The van der Waals surface area contributed by atoms with Crippen molar-refractivity contribution in [1.29, 1.82) is 0 Å².